The first-order chi connectivity index (χ1) is 13.1. The molecule has 0 bridgehead atoms. The van der Waals surface area contributed by atoms with Gasteiger partial charge in [0.1, 0.15) is 5.82 Å². The first-order valence-corrected chi connectivity index (χ1v) is 9.63. The summed E-state index contributed by atoms with van der Waals surface area (Å²) in [6, 6.07) is 13.9. The van der Waals surface area contributed by atoms with Crippen LogP contribution in [0.2, 0.25) is 0 Å². The number of nitrogens with one attached hydrogen (secondary N) is 1. The number of benzene rings is 2. The molecule has 0 aliphatic heterocycles. The largest absolute Gasteiger partial charge is 0.398 e. The molecule has 1 aliphatic rings. The molecule has 1 saturated carbocycles. The Morgan fingerprint density at radius 1 is 1.11 bits per heavy atom. The van der Waals surface area contributed by atoms with Crippen molar-refractivity contribution in [3.05, 3.63) is 66.0 Å². The van der Waals surface area contributed by atoms with Gasteiger partial charge in [0.15, 0.2) is 0 Å². The SMILES string of the molecule is C/C=C(\c1ccccc1N)C1CCC(CC(=O)Nc2ccc(F)cc2)CC1. The Kier molecular flexibility index (Phi) is 6.28. The van der Waals surface area contributed by atoms with Crippen LogP contribution in [0.25, 0.3) is 5.57 Å². The van der Waals surface area contributed by atoms with Crippen molar-refractivity contribution in [2.24, 2.45) is 11.8 Å². The lowest BCUT2D eigenvalue weighted by Gasteiger charge is -2.30. The third-order valence-corrected chi connectivity index (χ3v) is 5.47. The van der Waals surface area contributed by atoms with Gasteiger partial charge < -0.3 is 11.1 Å². The van der Waals surface area contributed by atoms with Crippen molar-refractivity contribution in [2.45, 2.75) is 39.0 Å². The minimum absolute atomic E-state index is 0.00335. The number of hydrogen-bond acceptors (Lipinski definition) is 2. The number of allylic oxidation sites excluding steroid dienone is 2. The molecule has 1 amide bonds. The van der Waals surface area contributed by atoms with E-state index in [1.54, 1.807) is 12.1 Å². The van der Waals surface area contributed by atoms with E-state index in [1.165, 1.54) is 17.7 Å². The minimum Gasteiger partial charge on any atom is -0.398 e. The molecule has 3 N–H and O–H groups in total. The summed E-state index contributed by atoms with van der Waals surface area (Å²) >= 11 is 0. The number of carbonyl (C=O) groups excluding carboxylic acids is 1. The zero-order valence-electron chi connectivity index (χ0n) is 15.7. The number of hydrogen-bond donors (Lipinski definition) is 2. The standard InChI is InChI=1S/C23H27FN2O/c1-2-20(21-5-3-4-6-22(21)25)17-9-7-16(8-10-17)15-23(27)26-19-13-11-18(24)12-14-19/h2-6,11-14,16-17H,7-10,15,25H2,1H3,(H,26,27)/b20-2-. The first kappa shape index (κ1) is 19.2. The van der Waals surface area contributed by atoms with Crippen molar-refractivity contribution in [3.63, 3.8) is 0 Å². The molecule has 4 heteroatoms. The number of carbonyl (C=O) groups is 1. The molecule has 142 valence electrons. The van der Waals surface area contributed by atoms with E-state index in [1.807, 2.05) is 18.2 Å². The lowest BCUT2D eigenvalue weighted by molar-refractivity contribution is -0.117. The topological polar surface area (TPSA) is 55.1 Å². The van der Waals surface area contributed by atoms with Gasteiger partial charge >= 0.3 is 0 Å². The molecule has 1 fully saturated rings. The third kappa shape index (κ3) is 4.97. The van der Waals surface area contributed by atoms with Crippen LogP contribution < -0.4 is 11.1 Å². The second-order valence-corrected chi connectivity index (χ2v) is 7.31. The van der Waals surface area contributed by atoms with E-state index in [4.69, 9.17) is 5.73 Å². The van der Waals surface area contributed by atoms with Crippen LogP contribution in [0.15, 0.2) is 54.6 Å². The Morgan fingerprint density at radius 3 is 2.41 bits per heavy atom. The molecule has 27 heavy (non-hydrogen) atoms. The van der Waals surface area contributed by atoms with Crippen LogP contribution in [0.4, 0.5) is 15.8 Å². The molecule has 0 heterocycles. The molecule has 2 aromatic rings. The average Bonchev–Trinajstić information content (AvgIpc) is 2.67. The van der Waals surface area contributed by atoms with Gasteiger partial charge in [0.2, 0.25) is 5.91 Å². The van der Waals surface area contributed by atoms with E-state index >= 15 is 0 Å². The summed E-state index contributed by atoms with van der Waals surface area (Å²) < 4.78 is 13.0. The molecular weight excluding hydrogens is 339 g/mol. The van der Waals surface area contributed by atoms with Gasteiger partial charge in [-0.1, -0.05) is 24.3 Å². The molecule has 1 aliphatic carbocycles. The summed E-state index contributed by atoms with van der Waals surface area (Å²) in [5.41, 5.74) is 10.1. The van der Waals surface area contributed by atoms with Gasteiger partial charge in [-0.3, -0.25) is 4.79 Å². The minimum atomic E-state index is -0.301. The Labute approximate surface area is 160 Å². The number of rotatable bonds is 5. The molecular formula is C23H27FN2O. The van der Waals surface area contributed by atoms with Gasteiger partial charge in [0.05, 0.1) is 0 Å². The van der Waals surface area contributed by atoms with Crippen molar-refractivity contribution >= 4 is 22.9 Å². The van der Waals surface area contributed by atoms with Crippen molar-refractivity contribution < 1.29 is 9.18 Å². The number of nitrogen functional groups attached to an aromatic ring is 1. The molecule has 0 atom stereocenters. The first-order valence-electron chi connectivity index (χ1n) is 9.63. The maximum atomic E-state index is 13.0. The van der Waals surface area contributed by atoms with Gasteiger partial charge in [0.25, 0.3) is 0 Å². The van der Waals surface area contributed by atoms with Gasteiger partial charge in [0, 0.05) is 23.4 Å². The molecule has 0 unspecified atom stereocenters. The summed E-state index contributed by atoms with van der Waals surface area (Å²) in [5, 5.41) is 2.86. The smallest absolute Gasteiger partial charge is 0.224 e. The summed E-state index contributed by atoms with van der Waals surface area (Å²) in [5.74, 6) is 0.595. The second-order valence-electron chi connectivity index (χ2n) is 7.31. The summed E-state index contributed by atoms with van der Waals surface area (Å²) in [6.45, 7) is 2.07. The Morgan fingerprint density at radius 2 is 1.78 bits per heavy atom. The van der Waals surface area contributed by atoms with Crippen molar-refractivity contribution in [2.75, 3.05) is 11.1 Å². The van der Waals surface area contributed by atoms with Crippen LogP contribution in [0, 0.1) is 17.7 Å². The summed E-state index contributed by atoms with van der Waals surface area (Å²) in [4.78, 5) is 12.3. The monoisotopic (exact) mass is 366 g/mol. The molecule has 0 saturated heterocycles. The normalized spacial score (nSPS) is 20.3. The summed E-state index contributed by atoms with van der Waals surface area (Å²) in [7, 11) is 0. The molecule has 0 radical (unpaired) electrons. The Hall–Kier alpha value is -2.62. The van der Waals surface area contributed by atoms with Crippen LogP contribution in [-0.4, -0.2) is 5.91 Å². The maximum Gasteiger partial charge on any atom is 0.224 e. The number of para-hydroxylation sites is 1. The lowest BCUT2D eigenvalue weighted by Crippen LogP contribution is -2.21. The highest BCUT2D eigenvalue weighted by Crippen LogP contribution is 2.40. The fourth-order valence-electron chi connectivity index (χ4n) is 4.06. The highest BCUT2D eigenvalue weighted by atomic mass is 19.1. The Balaban J connectivity index is 1.53. The maximum absolute atomic E-state index is 13.0. The molecule has 2 aromatic carbocycles. The van der Waals surface area contributed by atoms with Crippen LogP contribution in [-0.2, 0) is 4.79 Å². The predicted octanol–water partition coefficient (Wildman–Crippen LogP) is 5.65. The predicted molar refractivity (Wildman–Crippen MR) is 110 cm³/mol. The van der Waals surface area contributed by atoms with Crippen LogP contribution in [0.5, 0.6) is 0 Å². The molecule has 3 nitrogen and oxygen atoms in total. The number of anilines is 2. The highest BCUT2D eigenvalue weighted by molar-refractivity contribution is 5.90. The second kappa shape index (κ2) is 8.85. The third-order valence-electron chi connectivity index (χ3n) is 5.47. The van der Waals surface area contributed by atoms with E-state index < -0.39 is 0 Å². The van der Waals surface area contributed by atoms with Gasteiger partial charge in [-0.05, 0) is 80.3 Å². The van der Waals surface area contributed by atoms with Crippen LogP contribution in [0.3, 0.4) is 0 Å². The van der Waals surface area contributed by atoms with Gasteiger partial charge in [-0.25, -0.2) is 4.39 Å². The number of amides is 1. The fourth-order valence-corrected chi connectivity index (χ4v) is 4.06. The Bertz CT molecular complexity index is 805. The average molecular weight is 366 g/mol. The molecule has 0 aromatic heterocycles. The van der Waals surface area contributed by atoms with Crippen LogP contribution >= 0.6 is 0 Å². The quantitative estimate of drug-likeness (QED) is 0.672. The molecule has 3 rings (SSSR count). The fraction of sp³-hybridized carbons (Fsp3) is 0.348. The summed E-state index contributed by atoms with van der Waals surface area (Å²) in [6.07, 6.45) is 6.91. The van der Waals surface area contributed by atoms with E-state index in [0.717, 1.165) is 36.9 Å². The van der Waals surface area contributed by atoms with E-state index in [0.29, 0.717) is 23.9 Å². The number of nitrogens with two attached hydrogens (primary N) is 1. The van der Waals surface area contributed by atoms with Crippen molar-refractivity contribution in [3.8, 4) is 0 Å². The van der Waals surface area contributed by atoms with E-state index in [-0.39, 0.29) is 11.7 Å². The lowest BCUT2D eigenvalue weighted by atomic mass is 9.75. The van der Waals surface area contributed by atoms with Crippen molar-refractivity contribution in [1.82, 2.24) is 0 Å². The highest BCUT2D eigenvalue weighted by Gasteiger charge is 2.26. The van der Waals surface area contributed by atoms with Gasteiger partial charge in [-0.2, -0.15) is 0 Å². The zero-order chi connectivity index (χ0) is 19.2. The van der Waals surface area contributed by atoms with Crippen molar-refractivity contribution in [1.29, 1.82) is 0 Å². The van der Waals surface area contributed by atoms with E-state index in [9.17, 15) is 9.18 Å². The number of halogens is 1. The van der Waals surface area contributed by atoms with E-state index in [2.05, 4.69) is 24.4 Å². The van der Waals surface area contributed by atoms with Crippen LogP contribution in [0.1, 0.15) is 44.6 Å². The molecule has 0 spiro atoms. The van der Waals surface area contributed by atoms with Gasteiger partial charge in [-0.15, -0.1) is 0 Å². The zero-order valence-corrected chi connectivity index (χ0v) is 15.7.